The number of rotatable bonds is 2. The van der Waals surface area contributed by atoms with Crippen molar-refractivity contribution in [3.8, 4) is 0 Å². The Bertz CT molecular complexity index is 330. The van der Waals surface area contributed by atoms with Crippen LogP contribution in [0.3, 0.4) is 0 Å². The normalized spacial score (nSPS) is 8.56. The van der Waals surface area contributed by atoms with E-state index in [9.17, 15) is 14.7 Å². The molecule has 0 aliphatic rings. The SMILES string of the molecule is Cc1ccccc1.O=C([O-])/C=C/C(=O)O.[Na+]. The van der Waals surface area contributed by atoms with Crippen LogP contribution in [-0.4, -0.2) is 17.0 Å². The van der Waals surface area contributed by atoms with Crippen LogP contribution in [0, 0.1) is 6.92 Å². The van der Waals surface area contributed by atoms with Gasteiger partial charge in [-0.15, -0.1) is 0 Å². The van der Waals surface area contributed by atoms with Gasteiger partial charge < -0.3 is 15.0 Å². The zero-order chi connectivity index (χ0) is 11.7. The zero-order valence-electron chi connectivity index (χ0n) is 9.21. The molecule has 0 saturated heterocycles. The number of aryl methyl sites for hydroxylation is 1. The second kappa shape index (κ2) is 10.4. The first-order valence-electron chi connectivity index (χ1n) is 4.16. The van der Waals surface area contributed by atoms with Crippen LogP contribution in [0.5, 0.6) is 0 Å². The van der Waals surface area contributed by atoms with Crippen molar-refractivity contribution < 1.29 is 49.4 Å². The van der Waals surface area contributed by atoms with E-state index in [1.807, 2.05) is 18.2 Å². The van der Waals surface area contributed by atoms with E-state index >= 15 is 0 Å². The number of hydrogen-bond acceptors (Lipinski definition) is 3. The molecule has 0 aromatic heterocycles. The van der Waals surface area contributed by atoms with Gasteiger partial charge in [-0.05, 0) is 13.0 Å². The van der Waals surface area contributed by atoms with E-state index in [0.29, 0.717) is 12.2 Å². The fourth-order valence-electron chi connectivity index (χ4n) is 0.674. The van der Waals surface area contributed by atoms with Crippen LogP contribution in [0.4, 0.5) is 0 Å². The van der Waals surface area contributed by atoms with Crippen LogP contribution >= 0.6 is 0 Å². The minimum Gasteiger partial charge on any atom is -0.545 e. The molecule has 0 saturated carbocycles. The molecule has 16 heavy (non-hydrogen) atoms. The van der Waals surface area contributed by atoms with Crippen molar-refractivity contribution in [3.63, 3.8) is 0 Å². The van der Waals surface area contributed by atoms with Crippen LogP contribution < -0.4 is 34.7 Å². The average Bonchev–Trinajstić information content (AvgIpc) is 2.17. The third kappa shape index (κ3) is 12.9. The summed E-state index contributed by atoms with van der Waals surface area (Å²) in [6, 6.07) is 10.3. The van der Waals surface area contributed by atoms with Crippen LogP contribution in [0.1, 0.15) is 5.56 Å². The molecule has 5 heteroatoms. The Balaban J connectivity index is 0. The molecular formula is C11H11NaO4. The maximum atomic E-state index is 9.53. The number of aliphatic carboxylic acids is 2. The maximum Gasteiger partial charge on any atom is 1.00 e. The molecule has 0 bridgehead atoms. The van der Waals surface area contributed by atoms with Crippen LogP contribution in [0.2, 0.25) is 0 Å². The van der Waals surface area contributed by atoms with Gasteiger partial charge in [0.1, 0.15) is 0 Å². The van der Waals surface area contributed by atoms with E-state index in [4.69, 9.17) is 5.11 Å². The minimum atomic E-state index is -1.51. The van der Waals surface area contributed by atoms with E-state index in [2.05, 4.69) is 19.1 Å². The van der Waals surface area contributed by atoms with Gasteiger partial charge >= 0.3 is 35.5 Å². The van der Waals surface area contributed by atoms with Gasteiger partial charge in [0.25, 0.3) is 0 Å². The van der Waals surface area contributed by atoms with Crippen molar-refractivity contribution in [2.75, 3.05) is 0 Å². The van der Waals surface area contributed by atoms with Crippen molar-refractivity contribution in [3.05, 3.63) is 48.0 Å². The Morgan fingerprint density at radius 2 is 1.69 bits per heavy atom. The Hall–Kier alpha value is -1.10. The molecule has 1 aromatic carbocycles. The summed E-state index contributed by atoms with van der Waals surface area (Å²) in [4.78, 5) is 19.0. The summed E-state index contributed by atoms with van der Waals surface area (Å²) in [5.41, 5.74) is 1.32. The minimum absolute atomic E-state index is 0. The third-order valence-electron chi connectivity index (χ3n) is 1.30. The van der Waals surface area contributed by atoms with Gasteiger partial charge in [-0.1, -0.05) is 35.9 Å². The summed E-state index contributed by atoms with van der Waals surface area (Å²) in [5.74, 6) is -2.80. The number of carboxylic acids is 2. The van der Waals surface area contributed by atoms with E-state index in [-0.39, 0.29) is 29.6 Å². The molecule has 0 heterocycles. The fourth-order valence-corrected chi connectivity index (χ4v) is 0.674. The average molecular weight is 230 g/mol. The first-order valence-corrected chi connectivity index (χ1v) is 4.16. The van der Waals surface area contributed by atoms with E-state index in [1.165, 1.54) is 5.56 Å². The van der Waals surface area contributed by atoms with Crippen molar-refractivity contribution in [1.82, 2.24) is 0 Å². The monoisotopic (exact) mass is 230 g/mol. The van der Waals surface area contributed by atoms with Gasteiger partial charge in [-0.3, -0.25) is 0 Å². The van der Waals surface area contributed by atoms with Crippen molar-refractivity contribution in [2.45, 2.75) is 6.92 Å². The van der Waals surface area contributed by atoms with Gasteiger partial charge in [0.05, 0.1) is 5.97 Å². The standard InChI is InChI=1S/C7H8.C4H4O4.Na/c1-7-5-3-2-4-6-7;5-3(6)1-2-4(7)8;/h2-6H,1H3;1-2H,(H,5,6)(H,7,8);/q;;+1/p-1/b;2-1+;. The molecule has 0 unspecified atom stereocenters. The number of benzene rings is 1. The molecule has 0 atom stereocenters. The quantitative estimate of drug-likeness (QED) is 0.445. The zero-order valence-corrected chi connectivity index (χ0v) is 11.2. The second-order valence-corrected chi connectivity index (χ2v) is 2.65. The summed E-state index contributed by atoms with van der Waals surface area (Å²) in [5, 5.41) is 17.2. The first-order chi connectivity index (χ1) is 7.02. The van der Waals surface area contributed by atoms with E-state index in [0.717, 1.165) is 0 Å². The second-order valence-electron chi connectivity index (χ2n) is 2.65. The fraction of sp³-hybridized carbons (Fsp3) is 0.0909. The van der Waals surface area contributed by atoms with Crippen LogP contribution in [0.25, 0.3) is 0 Å². The Morgan fingerprint density at radius 1 is 1.19 bits per heavy atom. The number of carbonyl (C=O) groups is 2. The van der Waals surface area contributed by atoms with E-state index in [1.54, 1.807) is 0 Å². The van der Waals surface area contributed by atoms with Gasteiger partial charge in [0, 0.05) is 6.08 Å². The smallest absolute Gasteiger partial charge is 0.545 e. The molecule has 4 nitrogen and oxygen atoms in total. The molecule has 1 aromatic rings. The molecule has 0 fully saturated rings. The summed E-state index contributed by atoms with van der Waals surface area (Å²) >= 11 is 0. The van der Waals surface area contributed by atoms with Crippen LogP contribution in [-0.2, 0) is 9.59 Å². The maximum absolute atomic E-state index is 9.53. The Morgan fingerprint density at radius 3 is 1.88 bits per heavy atom. The predicted molar refractivity (Wildman–Crippen MR) is 53.0 cm³/mol. The summed E-state index contributed by atoms with van der Waals surface area (Å²) in [6.45, 7) is 2.08. The summed E-state index contributed by atoms with van der Waals surface area (Å²) in [7, 11) is 0. The Labute approximate surface area is 116 Å². The summed E-state index contributed by atoms with van der Waals surface area (Å²) in [6.07, 6.45) is 0.942. The molecular weight excluding hydrogens is 219 g/mol. The largest absolute Gasteiger partial charge is 1.00 e. The molecule has 1 rings (SSSR count). The molecule has 0 radical (unpaired) electrons. The van der Waals surface area contributed by atoms with Crippen molar-refractivity contribution in [1.29, 1.82) is 0 Å². The number of carbonyl (C=O) groups excluding carboxylic acids is 1. The molecule has 0 spiro atoms. The molecule has 1 N–H and O–H groups in total. The van der Waals surface area contributed by atoms with Crippen LogP contribution in [0.15, 0.2) is 42.5 Å². The Kier molecular flexibility index (Phi) is 11.3. The molecule has 0 aliphatic heterocycles. The van der Waals surface area contributed by atoms with Gasteiger partial charge in [0.2, 0.25) is 0 Å². The van der Waals surface area contributed by atoms with Crippen molar-refractivity contribution >= 4 is 11.9 Å². The van der Waals surface area contributed by atoms with Gasteiger partial charge in [0.15, 0.2) is 0 Å². The molecule has 0 amide bonds. The third-order valence-corrected chi connectivity index (χ3v) is 1.30. The summed E-state index contributed by atoms with van der Waals surface area (Å²) < 4.78 is 0. The first kappa shape index (κ1) is 17.3. The van der Waals surface area contributed by atoms with E-state index < -0.39 is 11.9 Å². The number of carboxylic acid groups (broad SMARTS) is 2. The van der Waals surface area contributed by atoms with Gasteiger partial charge in [-0.2, -0.15) is 0 Å². The van der Waals surface area contributed by atoms with Crippen molar-refractivity contribution in [2.24, 2.45) is 0 Å². The molecule has 0 aliphatic carbocycles. The molecule has 80 valence electrons. The number of hydrogen-bond donors (Lipinski definition) is 1. The predicted octanol–water partition coefficient (Wildman–Crippen LogP) is -2.62. The van der Waals surface area contributed by atoms with Gasteiger partial charge in [-0.25, -0.2) is 4.79 Å². The topological polar surface area (TPSA) is 77.4 Å².